The van der Waals surface area contributed by atoms with E-state index in [1.54, 1.807) is 0 Å². The van der Waals surface area contributed by atoms with Crippen LogP contribution in [0.5, 0.6) is 0 Å². The Hall–Kier alpha value is -0.860. The zero-order valence-electron chi connectivity index (χ0n) is 13.5. The van der Waals surface area contributed by atoms with Crippen molar-refractivity contribution in [3.8, 4) is 0 Å². The monoisotopic (exact) mass is 287 g/mol. The van der Waals surface area contributed by atoms with E-state index < -0.39 is 0 Å². The Balaban J connectivity index is 1.46. The fourth-order valence-corrected chi connectivity index (χ4v) is 3.24. The third kappa shape index (κ3) is 4.55. The molecule has 3 rings (SSSR count). The highest BCUT2D eigenvalue weighted by molar-refractivity contribution is 5.23. The second-order valence-corrected chi connectivity index (χ2v) is 7.18. The van der Waals surface area contributed by atoms with Gasteiger partial charge in [0.15, 0.2) is 0 Å². The lowest BCUT2D eigenvalue weighted by Gasteiger charge is -2.32. The Kier molecular flexibility index (Phi) is 4.97. The van der Waals surface area contributed by atoms with Gasteiger partial charge >= 0.3 is 0 Å². The molecule has 21 heavy (non-hydrogen) atoms. The van der Waals surface area contributed by atoms with Gasteiger partial charge in [-0.05, 0) is 55.1 Å². The van der Waals surface area contributed by atoms with Crippen molar-refractivity contribution in [2.24, 2.45) is 11.8 Å². The van der Waals surface area contributed by atoms with Crippen LogP contribution in [0, 0.1) is 11.8 Å². The summed E-state index contributed by atoms with van der Waals surface area (Å²) >= 11 is 0. The van der Waals surface area contributed by atoms with Crippen LogP contribution in [0.4, 0.5) is 0 Å². The summed E-state index contributed by atoms with van der Waals surface area (Å²) in [5.74, 6) is 1.67. The second kappa shape index (κ2) is 6.93. The van der Waals surface area contributed by atoms with Gasteiger partial charge in [-0.2, -0.15) is 0 Å². The topological polar surface area (TPSA) is 21.3 Å². The summed E-state index contributed by atoms with van der Waals surface area (Å²) in [5, 5.41) is 3.58. The summed E-state index contributed by atoms with van der Waals surface area (Å²) in [6.07, 6.45) is 6.93. The molecule has 1 aromatic rings. The Morgan fingerprint density at radius 2 is 1.86 bits per heavy atom. The molecule has 2 nitrogen and oxygen atoms in total. The molecule has 0 aliphatic heterocycles. The Morgan fingerprint density at radius 1 is 1.05 bits per heavy atom. The number of benzene rings is 1. The van der Waals surface area contributed by atoms with E-state index >= 15 is 0 Å². The molecule has 3 unspecified atom stereocenters. The summed E-state index contributed by atoms with van der Waals surface area (Å²) in [7, 11) is 0. The van der Waals surface area contributed by atoms with Gasteiger partial charge in [0.1, 0.15) is 0 Å². The third-order valence-corrected chi connectivity index (χ3v) is 5.20. The highest BCUT2D eigenvalue weighted by atomic mass is 16.5. The molecule has 2 aliphatic rings. The summed E-state index contributed by atoms with van der Waals surface area (Å²) in [4.78, 5) is 0. The molecule has 0 radical (unpaired) electrons. The smallest absolute Gasteiger partial charge is 0.0720 e. The summed E-state index contributed by atoms with van der Waals surface area (Å²) in [5.41, 5.74) is 2.70. The zero-order valence-corrected chi connectivity index (χ0v) is 13.5. The molecule has 0 heterocycles. The van der Waals surface area contributed by atoms with Crippen molar-refractivity contribution in [2.45, 2.75) is 71.2 Å². The lowest BCUT2D eigenvalue weighted by atomic mass is 9.80. The van der Waals surface area contributed by atoms with Crippen LogP contribution < -0.4 is 5.32 Å². The van der Waals surface area contributed by atoms with E-state index in [1.807, 2.05) is 0 Å². The molecule has 1 aromatic carbocycles. The predicted molar refractivity (Wildman–Crippen MR) is 87.1 cm³/mol. The maximum absolute atomic E-state index is 6.16. The van der Waals surface area contributed by atoms with Gasteiger partial charge in [-0.1, -0.05) is 38.1 Å². The van der Waals surface area contributed by atoms with E-state index in [4.69, 9.17) is 4.74 Å². The van der Waals surface area contributed by atoms with E-state index in [9.17, 15) is 0 Å². The van der Waals surface area contributed by atoms with Gasteiger partial charge in [0.05, 0.1) is 12.7 Å². The maximum Gasteiger partial charge on any atom is 0.0720 e. The summed E-state index contributed by atoms with van der Waals surface area (Å²) < 4.78 is 6.16. The van der Waals surface area contributed by atoms with Crippen LogP contribution in [0.2, 0.25) is 0 Å². The quantitative estimate of drug-likeness (QED) is 0.843. The normalized spacial score (nSPS) is 29.5. The molecule has 2 saturated carbocycles. The predicted octanol–water partition coefficient (Wildman–Crippen LogP) is 4.28. The molecule has 2 heteroatoms. The van der Waals surface area contributed by atoms with Crippen molar-refractivity contribution < 1.29 is 4.74 Å². The highest BCUT2D eigenvalue weighted by Crippen LogP contribution is 2.31. The minimum Gasteiger partial charge on any atom is -0.374 e. The van der Waals surface area contributed by atoms with Crippen LogP contribution in [0.1, 0.15) is 57.1 Å². The first-order valence-electron chi connectivity index (χ1n) is 8.63. The second-order valence-electron chi connectivity index (χ2n) is 7.18. The van der Waals surface area contributed by atoms with E-state index in [0.29, 0.717) is 6.10 Å². The van der Waals surface area contributed by atoms with E-state index in [0.717, 1.165) is 31.0 Å². The fraction of sp³-hybridized carbons (Fsp3) is 0.684. The first kappa shape index (κ1) is 15.1. The molecule has 2 fully saturated rings. The first-order valence-corrected chi connectivity index (χ1v) is 8.63. The SMILES string of the molecule is CC1CCC(OCc2cccc(CNC3CC3)c2)CC1C. The molecular formula is C19H29NO. The average Bonchev–Trinajstić information content (AvgIpc) is 3.31. The zero-order chi connectivity index (χ0) is 14.7. The highest BCUT2D eigenvalue weighted by Gasteiger charge is 2.25. The molecule has 116 valence electrons. The number of hydrogen-bond donors (Lipinski definition) is 1. The molecule has 2 aliphatic carbocycles. The molecule has 1 N–H and O–H groups in total. The molecule has 0 bridgehead atoms. The lowest BCUT2D eigenvalue weighted by molar-refractivity contribution is -0.00747. The van der Waals surface area contributed by atoms with E-state index in [2.05, 4.69) is 43.4 Å². The van der Waals surface area contributed by atoms with Gasteiger partial charge in [-0.15, -0.1) is 0 Å². The van der Waals surface area contributed by atoms with Crippen LogP contribution in [-0.2, 0) is 17.9 Å². The van der Waals surface area contributed by atoms with E-state index in [-0.39, 0.29) is 0 Å². The van der Waals surface area contributed by atoms with Crippen LogP contribution >= 0.6 is 0 Å². The summed E-state index contributed by atoms with van der Waals surface area (Å²) in [6.45, 7) is 6.50. The van der Waals surface area contributed by atoms with Crippen LogP contribution in [0.25, 0.3) is 0 Å². The average molecular weight is 287 g/mol. The van der Waals surface area contributed by atoms with Gasteiger partial charge in [0.25, 0.3) is 0 Å². The van der Waals surface area contributed by atoms with Gasteiger partial charge in [-0.3, -0.25) is 0 Å². The maximum atomic E-state index is 6.16. The first-order chi connectivity index (χ1) is 10.2. The Morgan fingerprint density at radius 3 is 2.62 bits per heavy atom. The van der Waals surface area contributed by atoms with Crippen molar-refractivity contribution in [2.75, 3.05) is 0 Å². The standard InChI is InChI=1S/C19H29NO/c1-14-6-9-19(10-15(14)2)21-13-17-5-3-4-16(11-17)12-20-18-7-8-18/h3-5,11,14-15,18-20H,6-10,12-13H2,1-2H3. The Labute approximate surface area is 129 Å². The van der Waals surface area contributed by atoms with Gasteiger partial charge in [0.2, 0.25) is 0 Å². The molecule has 0 amide bonds. The van der Waals surface area contributed by atoms with Crippen molar-refractivity contribution in [1.29, 1.82) is 0 Å². The van der Waals surface area contributed by atoms with Crippen LogP contribution in [-0.4, -0.2) is 12.1 Å². The molecule has 0 spiro atoms. The number of nitrogens with one attached hydrogen (secondary N) is 1. The van der Waals surface area contributed by atoms with Crippen molar-refractivity contribution in [1.82, 2.24) is 5.32 Å². The number of ether oxygens (including phenoxy) is 1. The molecule has 3 atom stereocenters. The summed E-state index contributed by atoms with van der Waals surface area (Å²) in [6, 6.07) is 9.63. The van der Waals surface area contributed by atoms with Crippen molar-refractivity contribution in [3.05, 3.63) is 35.4 Å². The van der Waals surface area contributed by atoms with E-state index in [1.165, 1.54) is 43.2 Å². The van der Waals surface area contributed by atoms with Gasteiger partial charge < -0.3 is 10.1 Å². The fourth-order valence-electron chi connectivity index (χ4n) is 3.24. The van der Waals surface area contributed by atoms with Gasteiger partial charge in [0, 0.05) is 12.6 Å². The van der Waals surface area contributed by atoms with Crippen molar-refractivity contribution in [3.63, 3.8) is 0 Å². The number of hydrogen-bond acceptors (Lipinski definition) is 2. The Bertz CT molecular complexity index is 455. The molecular weight excluding hydrogens is 258 g/mol. The van der Waals surface area contributed by atoms with Crippen LogP contribution in [0.3, 0.4) is 0 Å². The molecule has 0 aromatic heterocycles. The van der Waals surface area contributed by atoms with Crippen LogP contribution in [0.15, 0.2) is 24.3 Å². The number of rotatable bonds is 6. The largest absolute Gasteiger partial charge is 0.374 e. The minimum absolute atomic E-state index is 0.462. The third-order valence-electron chi connectivity index (χ3n) is 5.20. The lowest BCUT2D eigenvalue weighted by Crippen LogP contribution is -2.26. The molecule has 0 saturated heterocycles. The van der Waals surface area contributed by atoms with Gasteiger partial charge in [-0.25, -0.2) is 0 Å². The van der Waals surface area contributed by atoms with Crippen molar-refractivity contribution >= 4 is 0 Å². The minimum atomic E-state index is 0.462.